The van der Waals surface area contributed by atoms with Gasteiger partial charge in [-0.25, -0.2) is 0 Å². The Labute approximate surface area is 96.9 Å². The molecular formula is C12H10ClNO2. The molecule has 0 radical (unpaired) electrons. The molecule has 1 aliphatic rings. The fourth-order valence-electron chi connectivity index (χ4n) is 2.38. The highest BCUT2D eigenvalue weighted by molar-refractivity contribution is 6.32. The van der Waals surface area contributed by atoms with E-state index in [2.05, 4.69) is 0 Å². The van der Waals surface area contributed by atoms with E-state index in [1.165, 1.54) is 0 Å². The van der Waals surface area contributed by atoms with Crippen LogP contribution in [0.5, 0.6) is 5.75 Å². The summed E-state index contributed by atoms with van der Waals surface area (Å²) < 4.78 is 1.66. The molecule has 0 saturated carbocycles. The van der Waals surface area contributed by atoms with Crippen LogP contribution in [0.2, 0.25) is 5.02 Å². The molecule has 1 aliphatic heterocycles. The van der Waals surface area contributed by atoms with Crippen molar-refractivity contribution in [3.05, 3.63) is 39.1 Å². The van der Waals surface area contributed by atoms with Crippen molar-refractivity contribution in [2.24, 2.45) is 0 Å². The first-order valence-corrected chi connectivity index (χ1v) is 5.61. The highest BCUT2D eigenvalue weighted by atomic mass is 35.5. The first-order chi connectivity index (χ1) is 7.70. The molecule has 1 N–H and O–H groups in total. The lowest BCUT2D eigenvalue weighted by atomic mass is 10.0. The molecule has 82 valence electrons. The number of benzene rings is 1. The maximum atomic E-state index is 11.9. The van der Waals surface area contributed by atoms with E-state index >= 15 is 0 Å². The summed E-state index contributed by atoms with van der Waals surface area (Å²) in [6, 6.07) is 5.67. The Balaban J connectivity index is 2.62. The predicted octanol–water partition coefficient (Wildman–Crippen LogP) is 2.31. The second kappa shape index (κ2) is 3.25. The van der Waals surface area contributed by atoms with Crippen LogP contribution in [0.3, 0.4) is 0 Å². The van der Waals surface area contributed by atoms with E-state index in [1.54, 1.807) is 10.6 Å². The van der Waals surface area contributed by atoms with Gasteiger partial charge in [0.05, 0.1) is 5.52 Å². The third-order valence-corrected chi connectivity index (χ3v) is 3.45. The van der Waals surface area contributed by atoms with E-state index in [4.69, 9.17) is 11.6 Å². The molecule has 0 atom stereocenters. The highest BCUT2D eigenvalue weighted by Gasteiger charge is 2.19. The molecule has 0 bridgehead atoms. The third-order valence-electron chi connectivity index (χ3n) is 3.11. The first kappa shape index (κ1) is 9.73. The molecule has 4 heteroatoms. The van der Waals surface area contributed by atoms with E-state index in [9.17, 15) is 9.90 Å². The average Bonchev–Trinajstić information content (AvgIpc) is 2.33. The SMILES string of the molecule is O=c1c(Cl)c(O)c2cccc3c2n1CCC3. The van der Waals surface area contributed by atoms with Crippen LogP contribution in [0.1, 0.15) is 12.0 Å². The molecule has 3 nitrogen and oxygen atoms in total. The van der Waals surface area contributed by atoms with Gasteiger partial charge in [0.15, 0.2) is 0 Å². The molecular weight excluding hydrogens is 226 g/mol. The van der Waals surface area contributed by atoms with Gasteiger partial charge in [-0.05, 0) is 24.5 Å². The number of pyridine rings is 1. The lowest BCUT2D eigenvalue weighted by Gasteiger charge is -2.20. The van der Waals surface area contributed by atoms with Crippen LogP contribution in [-0.4, -0.2) is 9.67 Å². The van der Waals surface area contributed by atoms with E-state index < -0.39 is 0 Å². The van der Waals surface area contributed by atoms with Crippen LogP contribution < -0.4 is 5.56 Å². The number of aryl methyl sites for hydroxylation is 2. The Bertz CT molecular complexity index is 645. The summed E-state index contributed by atoms with van der Waals surface area (Å²) in [5.74, 6) is -0.0957. The zero-order chi connectivity index (χ0) is 11.3. The van der Waals surface area contributed by atoms with Gasteiger partial charge in [0, 0.05) is 11.9 Å². The summed E-state index contributed by atoms with van der Waals surface area (Å²) in [7, 11) is 0. The largest absolute Gasteiger partial charge is 0.505 e. The number of nitrogens with zero attached hydrogens (tertiary/aromatic N) is 1. The second-order valence-corrected chi connectivity index (χ2v) is 4.41. The summed E-state index contributed by atoms with van der Waals surface area (Å²) in [5, 5.41) is 10.5. The van der Waals surface area contributed by atoms with Crippen molar-refractivity contribution in [1.82, 2.24) is 4.57 Å². The number of halogens is 1. The van der Waals surface area contributed by atoms with Crippen LogP contribution >= 0.6 is 11.6 Å². The monoisotopic (exact) mass is 235 g/mol. The molecule has 0 spiro atoms. The van der Waals surface area contributed by atoms with Crippen molar-refractivity contribution in [1.29, 1.82) is 0 Å². The van der Waals surface area contributed by atoms with Crippen LogP contribution in [0.4, 0.5) is 0 Å². The van der Waals surface area contributed by atoms with Crippen molar-refractivity contribution in [2.75, 3.05) is 0 Å². The highest BCUT2D eigenvalue weighted by Crippen LogP contribution is 2.33. The normalized spacial score (nSPS) is 14.3. The fourth-order valence-corrected chi connectivity index (χ4v) is 2.59. The molecule has 0 fully saturated rings. The van der Waals surface area contributed by atoms with Crippen LogP contribution in [0, 0.1) is 0 Å². The number of hydrogen-bond donors (Lipinski definition) is 1. The molecule has 3 rings (SSSR count). The van der Waals surface area contributed by atoms with Crippen molar-refractivity contribution < 1.29 is 5.11 Å². The predicted molar refractivity (Wildman–Crippen MR) is 63.2 cm³/mol. The first-order valence-electron chi connectivity index (χ1n) is 5.23. The van der Waals surface area contributed by atoms with Crippen molar-refractivity contribution in [2.45, 2.75) is 19.4 Å². The van der Waals surface area contributed by atoms with Gasteiger partial charge in [-0.3, -0.25) is 4.79 Å². The van der Waals surface area contributed by atoms with Crippen molar-refractivity contribution in [3.8, 4) is 5.75 Å². The topological polar surface area (TPSA) is 42.2 Å². The smallest absolute Gasteiger partial charge is 0.273 e. The zero-order valence-electron chi connectivity index (χ0n) is 8.53. The molecule has 0 unspecified atom stereocenters. The maximum Gasteiger partial charge on any atom is 0.273 e. The third kappa shape index (κ3) is 1.12. The molecule has 2 heterocycles. The minimum atomic E-state index is -0.293. The molecule has 0 amide bonds. The van der Waals surface area contributed by atoms with Gasteiger partial charge >= 0.3 is 0 Å². The summed E-state index contributed by atoms with van der Waals surface area (Å²) in [6.07, 6.45) is 1.88. The number of rotatable bonds is 0. The van der Waals surface area contributed by atoms with Gasteiger partial charge in [-0.2, -0.15) is 0 Å². The Morgan fingerprint density at radius 2 is 2.19 bits per heavy atom. The molecule has 1 aromatic heterocycles. The lowest BCUT2D eigenvalue weighted by Crippen LogP contribution is -2.24. The van der Waals surface area contributed by atoms with E-state index in [-0.39, 0.29) is 16.3 Å². The van der Waals surface area contributed by atoms with Gasteiger partial charge < -0.3 is 9.67 Å². The van der Waals surface area contributed by atoms with Gasteiger partial charge in [0.1, 0.15) is 10.8 Å². The Morgan fingerprint density at radius 1 is 1.38 bits per heavy atom. The van der Waals surface area contributed by atoms with Gasteiger partial charge in [-0.15, -0.1) is 0 Å². The second-order valence-electron chi connectivity index (χ2n) is 4.04. The van der Waals surface area contributed by atoms with Crippen LogP contribution in [0.25, 0.3) is 10.9 Å². The van der Waals surface area contributed by atoms with Crippen LogP contribution in [-0.2, 0) is 13.0 Å². The van der Waals surface area contributed by atoms with E-state index in [1.807, 2.05) is 12.1 Å². The number of para-hydroxylation sites is 1. The fraction of sp³-hybridized carbons (Fsp3) is 0.250. The Morgan fingerprint density at radius 3 is 3.00 bits per heavy atom. The maximum absolute atomic E-state index is 11.9. The molecule has 1 aromatic carbocycles. The standard InChI is InChI=1S/C12H10ClNO2/c13-9-11(15)8-5-1-3-7-4-2-6-14(10(7)8)12(9)16/h1,3,5,15H,2,4,6H2. The van der Waals surface area contributed by atoms with Crippen molar-refractivity contribution in [3.63, 3.8) is 0 Å². The number of aromatic hydroxyl groups is 1. The molecule has 0 aliphatic carbocycles. The Kier molecular flexibility index (Phi) is 1.98. The van der Waals surface area contributed by atoms with Gasteiger partial charge in [0.25, 0.3) is 5.56 Å². The zero-order valence-corrected chi connectivity index (χ0v) is 9.29. The summed E-state index contributed by atoms with van der Waals surface area (Å²) in [6.45, 7) is 0.673. The summed E-state index contributed by atoms with van der Waals surface area (Å²) in [4.78, 5) is 11.9. The van der Waals surface area contributed by atoms with Crippen molar-refractivity contribution >= 4 is 22.5 Å². The van der Waals surface area contributed by atoms with E-state index in [0.29, 0.717) is 11.9 Å². The number of aromatic nitrogens is 1. The quantitative estimate of drug-likeness (QED) is 0.762. The minimum Gasteiger partial charge on any atom is -0.505 e. The van der Waals surface area contributed by atoms with Gasteiger partial charge in [-0.1, -0.05) is 23.7 Å². The molecule has 16 heavy (non-hydrogen) atoms. The van der Waals surface area contributed by atoms with Crippen LogP contribution in [0.15, 0.2) is 23.0 Å². The molecule has 0 saturated heterocycles. The minimum absolute atomic E-state index is 0.0773. The Hall–Kier alpha value is -1.48. The average molecular weight is 236 g/mol. The number of hydrogen-bond acceptors (Lipinski definition) is 2. The lowest BCUT2D eigenvalue weighted by molar-refractivity contribution is 0.477. The van der Waals surface area contributed by atoms with Gasteiger partial charge in [0.2, 0.25) is 0 Å². The molecule has 2 aromatic rings. The summed E-state index contributed by atoms with van der Waals surface area (Å²) >= 11 is 5.83. The summed E-state index contributed by atoms with van der Waals surface area (Å²) in [5.41, 5.74) is 1.65. The van der Waals surface area contributed by atoms with E-state index in [0.717, 1.165) is 23.9 Å².